The van der Waals surface area contributed by atoms with Crippen LogP contribution in [-0.4, -0.2) is 23.8 Å². The molecule has 0 saturated heterocycles. The van der Waals surface area contributed by atoms with Crippen molar-refractivity contribution in [1.29, 1.82) is 0 Å². The van der Waals surface area contributed by atoms with Gasteiger partial charge in [0, 0.05) is 0 Å². The minimum absolute atomic E-state index is 0.389. The summed E-state index contributed by atoms with van der Waals surface area (Å²) in [6.07, 6.45) is -0.978. The molecule has 0 aliphatic carbocycles. The zero-order chi connectivity index (χ0) is 15.5. The number of aliphatic hydroxyl groups is 1. The van der Waals surface area contributed by atoms with Crippen LogP contribution in [-0.2, 0) is 9.53 Å². The summed E-state index contributed by atoms with van der Waals surface area (Å²) in [5.74, 6) is -0.608. The van der Waals surface area contributed by atoms with Crippen LogP contribution in [0.5, 0.6) is 5.75 Å². The van der Waals surface area contributed by atoms with Crippen LogP contribution >= 0.6 is 11.6 Å². The Labute approximate surface area is 124 Å². The molecule has 2 unspecified atom stereocenters. The van der Waals surface area contributed by atoms with E-state index in [1.54, 1.807) is 45.9 Å². The van der Waals surface area contributed by atoms with Crippen LogP contribution in [0.2, 0.25) is 5.02 Å². The molecular formula is C15H21ClO4. The summed E-state index contributed by atoms with van der Waals surface area (Å²) < 4.78 is 10.3. The van der Waals surface area contributed by atoms with Crippen molar-refractivity contribution in [1.82, 2.24) is 0 Å². The van der Waals surface area contributed by atoms with E-state index in [4.69, 9.17) is 21.1 Å². The molecule has 1 aromatic rings. The zero-order valence-corrected chi connectivity index (χ0v) is 13.2. The highest BCUT2D eigenvalue weighted by Gasteiger charge is 2.28. The maximum Gasteiger partial charge on any atom is 0.312 e. The van der Waals surface area contributed by atoms with Crippen molar-refractivity contribution in [3.8, 4) is 5.75 Å². The summed E-state index contributed by atoms with van der Waals surface area (Å²) >= 11 is 6.01. The molecule has 1 rings (SSSR count). The molecule has 112 valence electrons. The van der Waals surface area contributed by atoms with Crippen LogP contribution < -0.4 is 4.74 Å². The fourth-order valence-corrected chi connectivity index (χ4v) is 1.95. The van der Waals surface area contributed by atoms with E-state index in [0.717, 1.165) is 0 Å². The maximum absolute atomic E-state index is 11.9. The summed E-state index contributed by atoms with van der Waals surface area (Å²) in [5, 5.41) is 10.6. The summed E-state index contributed by atoms with van der Waals surface area (Å²) in [6.45, 7) is 6.98. The lowest BCUT2D eigenvalue weighted by Gasteiger charge is -2.25. The van der Waals surface area contributed by atoms with Gasteiger partial charge in [0.25, 0.3) is 0 Å². The number of carbonyl (C=O) groups excluding carboxylic acids is 1. The SMILES string of the molecule is COc1ccc(C(O)C(C)C(=O)OC(C)(C)C)cc1Cl. The topological polar surface area (TPSA) is 55.8 Å². The van der Waals surface area contributed by atoms with Gasteiger partial charge >= 0.3 is 5.97 Å². The van der Waals surface area contributed by atoms with Gasteiger partial charge in [-0.05, 0) is 45.4 Å². The molecular weight excluding hydrogens is 280 g/mol. The number of hydrogen-bond acceptors (Lipinski definition) is 4. The molecule has 4 nitrogen and oxygen atoms in total. The Bertz CT molecular complexity index is 479. The van der Waals surface area contributed by atoms with E-state index in [1.165, 1.54) is 7.11 Å². The molecule has 0 radical (unpaired) electrons. The van der Waals surface area contributed by atoms with Crippen LogP contribution in [0.25, 0.3) is 0 Å². The van der Waals surface area contributed by atoms with Crippen molar-refractivity contribution in [3.63, 3.8) is 0 Å². The van der Waals surface area contributed by atoms with E-state index in [-0.39, 0.29) is 0 Å². The van der Waals surface area contributed by atoms with E-state index >= 15 is 0 Å². The minimum Gasteiger partial charge on any atom is -0.495 e. The molecule has 0 aliphatic rings. The van der Waals surface area contributed by atoms with Crippen molar-refractivity contribution in [3.05, 3.63) is 28.8 Å². The zero-order valence-electron chi connectivity index (χ0n) is 12.4. The Morgan fingerprint density at radius 2 is 1.95 bits per heavy atom. The molecule has 1 aromatic carbocycles. The number of aliphatic hydroxyl groups excluding tert-OH is 1. The third kappa shape index (κ3) is 4.39. The number of carbonyl (C=O) groups is 1. The molecule has 0 heterocycles. The molecule has 0 saturated carbocycles. The third-order valence-corrected chi connectivity index (χ3v) is 3.06. The number of halogens is 1. The molecule has 0 aromatic heterocycles. The number of rotatable bonds is 4. The molecule has 20 heavy (non-hydrogen) atoms. The van der Waals surface area contributed by atoms with Crippen molar-refractivity contribution >= 4 is 17.6 Å². The largest absolute Gasteiger partial charge is 0.495 e. The lowest BCUT2D eigenvalue weighted by atomic mass is 9.97. The highest BCUT2D eigenvalue weighted by Crippen LogP contribution is 2.31. The molecule has 1 N–H and O–H groups in total. The van der Waals surface area contributed by atoms with Gasteiger partial charge in [0.1, 0.15) is 11.4 Å². The number of hydrogen-bond donors (Lipinski definition) is 1. The quantitative estimate of drug-likeness (QED) is 0.866. The highest BCUT2D eigenvalue weighted by molar-refractivity contribution is 6.32. The summed E-state index contributed by atoms with van der Waals surface area (Å²) in [5.41, 5.74) is -0.0306. The lowest BCUT2D eigenvalue weighted by Crippen LogP contribution is -2.30. The second-order valence-corrected chi connectivity index (χ2v) is 6.07. The predicted molar refractivity (Wildman–Crippen MR) is 78.0 cm³/mol. The Kier molecular flexibility index (Phi) is 5.42. The summed E-state index contributed by atoms with van der Waals surface area (Å²) in [4.78, 5) is 11.9. The fraction of sp³-hybridized carbons (Fsp3) is 0.533. The van der Waals surface area contributed by atoms with Gasteiger partial charge in [-0.1, -0.05) is 17.7 Å². The van der Waals surface area contributed by atoms with E-state index in [0.29, 0.717) is 16.3 Å². The number of ether oxygens (including phenoxy) is 2. The maximum atomic E-state index is 11.9. The van der Waals surface area contributed by atoms with Crippen molar-refractivity contribution in [2.24, 2.45) is 5.92 Å². The van der Waals surface area contributed by atoms with Gasteiger partial charge in [-0.2, -0.15) is 0 Å². The second-order valence-electron chi connectivity index (χ2n) is 5.66. The van der Waals surface area contributed by atoms with Crippen molar-refractivity contribution in [2.45, 2.75) is 39.4 Å². The van der Waals surface area contributed by atoms with Gasteiger partial charge in [-0.3, -0.25) is 4.79 Å². The molecule has 0 bridgehead atoms. The van der Waals surface area contributed by atoms with Crippen LogP contribution in [0.3, 0.4) is 0 Å². The molecule has 2 atom stereocenters. The molecule has 0 spiro atoms. The molecule has 5 heteroatoms. The second kappa shape index (κ2) is 6.46. The van der Waals surface area contributed by atoms with Crippen LogP contribution in [0.1, 0.15) is 39.4 Å². The fourth-order valence-electron chi connectivity index (χ4n) is 1.68. The first-order chi connectivity index (χ1) is 9.15. The van der Waals surface area contributed by atoms with Gasteiger partial charge in [-0.25, -0.2) is 0 Å². The Morgan fingerprint density at radius 1 is 1.35 bits per heavy atom. The third-order valence-electron chi connectivity index (χ3n) is 2.77. The first-order valence-corrected chi connectivity index (χ1v) is 6.78. The van der Waals surface area contributed by atoms with E-state index in [1.807, 2.05) is 0 Å². The van der Waals surface area contributed by atoms with Crippen molar-refractivity contribution in [2.75, 3.05) is 7.11 Å². The van der Waals surface area contributed by atoms with Gasteiger partial charge in [0.05, 0.1) is 24.2 Å². The Hall–Kier alpha value is -1.26. The lowest BCUT2D eigenvalue weighted by molar-refractivity contribution is -0.163. The normalized spacial score (nSPS) is 14.6. The van der Waals surface area contributed by atoms with Gasteiger partial charge < -0.3 is 14.6 Å². The molecule has 0 aliphatic heterocycles. The van der Waals surface area contributed by atoms with E-state index in [9.17, 15) is 9.90 Å². The Morgan fingerprint density at radius 3 is 2.40 bits per heavy atom. The van der Waals surface area contributed by atoms with Crippen LogP contribution in [0, 0.1) is 5.92 Å². The highest BCUT2D eigenvalue weighted by atomic mass is 35.5. The minimum atomic E-state index is -0.978. The number of esters is 1. The van der Waals surface area contributed by atoms with Crippen LogP contribution in [0.15, 0.2) is 18.2 Å². The summed E-state index contributed by atoms with van der Waals surface area (Å²) in [6, 6.07) is 4.92. The van der Waals surface area contributed by atoms with Crippen LogP contribution in [0.4, 0.5) is 0 Å². The first kappa shape index (κ1) is 16.8. The first-order valence-electron chi connectivity index (χ1n) is 6.40. The van der Waals surface area contributed by atoms with Gasteiger partial charge in [0.15, 0.2) is 0 Å². The van der Waals surface area contributed by atoms with Crippen molar-refractivity contribution < 1.29 is 19.4 Å². The van der Waals surface area contributed by atoms with E-state index in [2.05, 4.69) is 0 Å². The van der Waals surface area contributed by atoms with Gasteiger partial charge in [-0.15, -0.1) is 0 Å². The average molecular weight is 301 g/mol. The smallest absolute Gasteiger partial charge is 0.312 e. The number of benzene rings is 1. The summed E-state index contributed by atoms with van der Waals surface area (Å²) in [7, 11) is 1.51. The predicted octanol–water partition coefficient (Wildman–Crippen LogP) is 3.36. The number of methoxy groups -OCH3 is 1. The molecule has 0 amide bonds. The molecule has 0 fully saturated rings. The van der Waals surface area contributed by atoms with Gasteiger partial charge in [0.2, 0.25) is 0 Å². The average Bonchev–Trinajstić information content (AvgIpc) is 2.34. The van der Waals surface area contributed by atoms with E-state index < -0.39 is 23.6 Å². The Balaban J connectivity index is 2.86. The monoisotopic (exact) mass is 300 g/mol. The standard InChI is InChI=1S/C15H21ClO4/c1-9(14(18)20-15(2,3)4)13(17)10-6-7-12(19-5)11(16)8-10/h6-9,13,17H,1-5H3.